The Labute approximate surface area is 383 Å². The lowest BCUT2D eigenvalue weighted by Crippen LogP contribution is -2.62. The number of nitrogens with zero attached hydrogens (tertiary/aromatic N) is 4. The lowest BCUT2D eigenvalue weighted by atomic mass is 9.76. The van der Waals surface area contributed by atoms with Crippen LogP contribution in [0.25, 0.3) is 0 Å². The number of likely N-dealkylation sites (N-methyl/N-ethyl adjacent to an activating group) is 1. The largest absolute Gasteiger partial charge is 0.372 e. The molecule has 328 valence electrons. The van der Waals surface area contributed by atoms with Crippen molar-refractivity contribution >= 4 is 51.9 Å². The number of amides is 1. The summed E-state index contributed by atoms with van der Waals surface area (Å²) in [6.07, 6.45) is 12.0. The summed E-state index contributed by atoms with van der Waals surface area (Å²) in [6.45, 7) is 13.6. The van der Waals surface area contributed by atoms with Gasteiger partial charge >= 0.3 is 0 Å². The first-order valence-corrected chi connectivity index (χ1v) is 22.9. The van der Waals surface area contributed by atoms with Crippen LogP contribution in [0.2, 0.25) is 0 Å². The molecule has 64 heavy (non-hydrogen) atoms. The lowest BCUT2D eigenvalue weighted by Gasteiger charge is -2.45. The quantitative estimate of drug-likeness (QED) is 0.0913. The van der Waals surface area contributed by atoms with Gasteiger partial charge in [0.25, 0.3) is 0 Å². The molecule has 0 saturated carbocycles. The molecule has 1 fully saturated rings. The first-order valence-electron chi connectivity index (χ1n) is 22.5. The lowest BCUT2D eigenvalue weighted by molar-refractivity contribution is -0.401. The average molecular weight is 872 g/mol. The van der Waals surface area contributed by atoms with Gasteiger partial charge in [-0.2, -0.15) is 4.58 Å². The van der Waals surface area contributed by atoms with Gasteiger partial charge in [0.2, 0.25) is 11.6 Å². The normalized spacial score (nSPS) is 22.4. The van der Waals surface area contributed by atoms with Crippen molar-refractivity contribution in [2.75, 3.05) is 32.1 Å². The van der Waals surface area contributed by atoms with Crippen molar-refractivity contribution in [2.24, 2.45) is 5.92 Å². The van der Waals surface area contributed by atoms with Gasteiger partial charge in [-0.25, -0.2) is 0 Å². The zero-order valence-corrected chi connectivity index (χ0v) is 39.1. The molecular weight excluding hydrogens is 813 g/mol. The number of benzene rings is 4. The highest BCUT2D eigenvalue weighted by molar-refractivity contribution is 7.80. The molecule has 0 spiro atoms. The van der Waals surface area contributed by atoms with Gasteiger partial charge in [-0.3, -0.25) is 19.3 Å². The third-order valence-corrected chi connectivity index (χ3v) is 14.5. The Hall–Kier alpha value is -6.03. The standard InChI is InChI=1S/C55H59N4O4S/c1-9-58-51(62)48(52(63)59(10-2)53(58)64)47-35(25-18-26-45-54(3,4)41-33-39(27-30-43(41)56(45)7)49(60)37-19-13-11-14-20-37)23-17-24-36(47)29-32-46-55(5,6)42-34-40(28-31-44(42)57(46)8)50(61)38-21-15-12-16-22-38/h11-16,18-22,25-34,45,48,51,62H,9-10,17,23-24H2,1-8H3/q+1/b26-18+,32-29+,35-25+. The number of aliphatic hydroxyl groups excluding tert-OH is 1. The number of fused-ring (bicyclic) bond motifs is 2. The highest BCUT2D eigenvalue weighted by atomic mass is 32.1. The molecule has 1 aliphatic carbocycles. The number of anilines is 1. The van der Waals surface area contributed by atoms with Gasteiger partial charge in [-0.15, -0.1) is 0 Å². The van der Waals surface area contributed by atoms with E-state index >= 15 is 0 Å². The second-order valence-corrected chi connectivity index (χ2v) is 18.8. The number of ketones is 2. The van der Waals surface area contributed by atoms with Crippen molar-refractivity contribution in [3.8, 4) is 0 Å². The SMILES string of the molecule is CCN1C(=O)C(C2=C(/C=C/C3=[N+](C)c4ccc(C(=O)c5ccccc5)cc4C3(C)C)CCC/C2=C\C=C\C2N(C)c3ccc(C(=O)c4ccccc4)cc3C2(C)C)C(O)N(CC)C1=S. The van der Waals surface area contributed by atoms with E-state index in [-0.39, 0.29) is 28.9 Å². The molecule has 1 amide bonds. The Morgan fingerprint density at radius 3 is 2.03 bits per heavy atom. The zero-order valence-electron chi connectivity index (χ0n) is 38.3. The first kappa shape index (κ1) is 44.6. The predicted octanol–water partition coefficient (Wildman–Crippen LogP) is 9.87. The van der Waals surface area contributed by atoms with E-state index in [1.165, 1.54) is 0 Å². The Morgan fingerprint density at radius 2 is 1.42 bits per heavy atom. The zero-order chi connectivity index (χ0) is 45.7. The van der Waals surface area contributed by atoms with E-state index in [1.54, 1.807) is 9.80 Å². The fourth-order valence-corrected chi connectivity index (χ4v) is 11.0. The van der Waals surface area contributed by atoms with Gasteiger partial charge < -0.3 is 14.9 Å². The van der Waals surface area contributed by atoms with E-state index in [0.29, 0.717) is 40.5 Å². The Bertz CT molecular complexity index is 2710. The summed E-state index contributed by atoms with van der Waals surface area (Å²) >= 11 is 5.77. The predicted molar refractivity (Wildman–Crippen MR) is 261 cm³/mol. The van der Waals surface area contributed by atoms with E-state index in [4.69, 9.17) is 12.2 Å². The van der Waals surface area contributed by atoms with E-state index in [9.17, 15) is 19.5 Å². The average Bonchev–Trinajstić information content (AvgIpc) is 3.61. The third kappa shape index (κ3) is 7.62. The second-order valence-electron chi connectivity index (χ2n) is 18.4. The molecule has 3 heterocycles. The summed E-state index contributed by atoms with van der Waals surface area (Å²) in [5.41, 5.74) is 10.2. The first-order chi connectivity index (χ1) is 30.6. The fraction of sp³-hybridized carbons (Fsp3) is 0.327. The maximum absolute atomic E-state index is 14.6. The summed E-state index contributed by atoms with van der Waals surface area (Å²) in [6, 6.07) is 30.8. The molecule has 9 heteroatoms. The molecule has 8 rings (SSSR count). The van der Waals surface area contributed by atoms with Crippen LogP contribution in [0.4, 0.5) is 11.4 Å². The molecule has 8 nitrogen and oxygen atoms in total. The van der Waals surface area contributed by atoms with E-state index in [0.717, 1.165) is 64.2 Å². The molecule has 4 aliphatic rings. The van der Waals surface area contributed by atoms with Crippen LogP contribution in [0, 0.1) is 5.92 Å². The molecule has 3 atom stereocenters. The number of aliphatic hydroxyl groups is 1. The topological polar surface area (TPSA) is 84.2 Å². The van der Waals surface area contributed by atoms with Crippen LogP contribution in [0.15, 0.2) is 144 Å². The molecule has 3 unspecified atom stereocenters. The molecule has 0 radical (unpaired) electrons. The van der Waals surface area contributed by atoms with Crippen LogP contribution in [0.3, 0.4) is 0 Å². The van der Waals surface area contributed by atoms with E-state index < -0.39 is 17.6 Å². The van der Waals surface area contributed by atoms with Crippen LogP contribution in [-0.4, -0.2) is 87.2 Å². The van der Waals surface area contributed by atoms with E-state index in [2.05, 4.69) is 93.8 Å². The van der Waals surface area contributed by atoms with Crippen molar-refractivity contribution in [2.45, 2.75) is 83.9 Å². The summed E-state index contributed by atoms with van der Waals surface area (Å²) in [4.78, 5) is 47.2. The summed E-state index contributed by atoms with van der Waals surface area (Å²) in [5, 5.41) is 12.5. The number of hydrogen-bond donors (Lipinski definition) is 1. The second kappa shape index (κ2) is 17.5. The van der Waals surface area contributed by atoms with Gasteiger partial charge in [0, 0.05) is 71.2 Å². The van der Waals surface area contributed by atoms with Crippen molar-refractivity contribution in [3.63, 3.8) is 0 Å². The fourth-order valence-electron chi connectivity index (χ4n) is 10.5. The summed E-state index contributed by atoms with van der Waals surface area (Å²) in [5.74, 6) is -1.04. The number of carbonyl (C=O) groups is 3. The minimum atomic E-state index is -1.12. The van der Waals surface area contributed by atoms with Gasteiger partial charge in [0.1, 0.15) is 19.2 Å². The third-order valence-electron chi connectivity index (χ3n) is 14.1. The molecule has 1 saturated heterocycles. The van der Waals surface area contributed by atoms with Crippen LogP contribution >= 0.6 is 12.2 Å². The highest BCUT2D eigenvalue weighted by Gasteiger charge is 2.47. The minimum Gasteiger partial charge on any atom is -0.372 e. The smallest absolute Gasteiger partial charge is 0.240 e. The Kier molecular flexibility index (Phi) is 12.2. The molecule has 0 aromatic heterocycles. The van der Waals surface area contributed by atoms with Crippen LogP contribution in [-0.2, 0) is 15.6 Å². The number of hydrogen-bond acceptors (Lipinski definition) is 6. The number of rotatable bonds is 11. The maximum Gasteiger partial charge on any atom is 0.240 e. The van der Waals surface area contributed by atoms with Crippen molar-refractivity contribution in [1.29, 1.82) is 0 Å². The summed E-state index contributed by atoms with van der Waals surface area (Å²) in [7, 11) is 4.16. The van der Waals surface area contributed by atoms with Crippen molar-refractivity contribution < 1.29 is 24.1 Å². The Morgan fingerprint density at radius 1 is 0.812 bits per heavy atom. The number of carbonyl (C=O) groups excluding carboxylic acids is 3. The molecule has 0 bridgehead atoms. The molecule has 3 aliphatic heterocycles. The van der Waals surface area contributed by atoms with Gasteiger partial charge in [0.05, 0.1) is 11.5 Å². The van der Waals surface area contributed by atoms with Gasteiger partial charge in [-0.05, 0) is 112 Å². The maximum atomic E-state index is 14.6. The number of allylic oxidation sites excluding steroid dienone is 6. The summed E-state index contributed by atoms with van der Waals surface area (Å²) < 4.78 is 2.19. The molecule has 4 aromatic rings. The van der Waals surface area contributed by atoms with Crippen molar-refractivity contribution in [1.82, 2.24) is 9.80 Å². The van der Waals surface area contributed by atoms with Gasteiger partial charge in [0.15, 0.2) is 22.4 Å². The minimum absolute atomic E-state index is 0.00562. The molecule has 4 aromatic carbocycles. The van der Waals surface area contributed by atoms with Crippen LogP contribution in [0.1, 0.15) is 104 Å². The van der Waals surface area contributed by atoms with Gasteiger partial charge in [-0.1, -0.05) is 98.8 Å². The highest BCUT2D eigenvalue weighted by Crippen LogP contribution is 2.46. The van der Waals surface area contributed by atoms with Crippen molar-refractivity contribution in [3.05, 3.63) is 178 Å². The van der Waals surface area contributed by atoms with Crippen LogP contribution in [0.5, 0.6) is 0 Å². The van der Waals surface area contributed by atoms with Crippen LogP contribution < -0.4 is 4.90 Å². The molecule has 1 N–H and O–H groups in total. The Balaban J connectivity index is 1.16. The molecular formula is C55H59N4O4S+. The van der Waals surface area contributed by atoms with E-state index in [1.807, 2.05) is 98.8 Å². The number of thiocarbonyl (C=S) groups is 1. The monoisotopic (exact) mass is 871 g/mol.